The van der Waals surface area contributed by atoms with E-state index in [4.69, 9.17) is 0 Å². The molecule has 3 N–H and O–H groups in total. The van der Waals surface area contributed by atoms with Crippen molar-refractivity contribution in [1.82, 2.24) is 0 Å². The average molecular weight is 535 g/mol. The molecule has 0 fully saturated rings. The van der Waals surface area contributed by atoms with E-state index in [1.807, 2.05) is 90.1 Å². The molecular formula is C35H50O4. The summed E-state index contributed by atoms with van der Waals surface area (Å²) in [4.78, 5) is 13.1. The fourth-order valence-corrected chi connectivity index (χ4v) is 7.02. The van der Waals surface area contributed by atoms with Crippen LogP contribution in [-0.4, -0.2) is 21.3 Å². The molecule has 1 aliphatic rings. The number of rotatable bonds is 3. The van der Waals surface area contributed by atoms with Gasteiger partial charge in [-0.25, -0.2) is 0 Å². The molecule has 0 aliphatic heterocycles. The highest BCUT2D eigenvalue weighted by atomic mass is 16.4. The SMILES string of the molecule is CC(C)(C)C1=CC(C(=O)O)C(O)(c2ccccc2C(C)(C)C)C(C(C)(C)C)C1(O)c1ccccc1C(C)(C)C. The van der Waals surface area contributed by atoms with Crippen molar-refractivity contribution in [3.63, 3.8) is 0 Å². The first-order chi connectivity index (χ1) is 17.5. The Hall–Kier alpha value is -2.43. The largest absolute Gasteiger partial charge is 0.481 e. The Morgan fingerprint density at radius 3 is 1.46 bits per heavy atom. The van der Waals surface area contributed by atoms with Gasteiger partial charge in [-0.1, -0.05) is 138 Å². The highest BCUT2D eigenvalue weighted by Crippen LogP contribution is 2.64. The second-order valence-electron chi connectivity index (χ2n) is 15.6. The minimum absolute atomic E-state index is 0.303. The average Bonchev–Trinajstić information content (AvgIpc) is 2.76. The lowest BCUT2D eigenvalue weighted by atomic mass is 9.47. The number of carbonyl (C=O) groups is 1. The normalized spacial score (nSPS) is 26.8. The number of aliphatic hydroxyl groups is 2. The second kappa shape index (κ2) is 9.59. The maximum Gasteiger partial charge on any atom is 0.313 e. The first-order valence-corrected chi connectivity index (χ1v) is 14.1. The van der Waals surface area contributed by atoms with E-state index in [2.05, 4.69) is 41.5 Å². The Morgan fingerprint density at radius 1 is 0.667 bits per heavy atom. The number of carboxylic acids is 1. The summed E-state index contributed by atoms with van der Waals surface area (Å²) in [7, 11) is 0. The standard InChI is InChI=1S/C35H50O4/c1-30(2,3)22-17-13-15-19-24(22)34(38)26(28(36)37)21-27(32(7,8)9)35(39,29(34)33(10,11)12)25-20-16-14-18-23(25)31(4,5)6/h13-21,26,29,38-39H,1-12H3,(H,36,37). The molecule has 0 bridgehead atoms. The van der Waals surface area contributed by atoms with Gasteiger partial charge in [-0.3, -0.25) is 4.79 Å². The molecule has 0 amide bonds. The van der Waals surface area contributed by atoms with Gasteiger partial charge in [0.25, 0.3) is 0 Å². The molecule has 3 rings (SSSR count). The van der Waals surface area contributed by atoms with Crippen LogP contribution in [0.4, 0.5) is 0 Å². The number of benzene rings is 2. The lowest BCUT2D eigenvalue weighted by Gasteiger charge is -2.60. The van der Waals surface area contributed by atoms with Crippen LogP contribution in [0.3, 0.4) is 0 Å². The van der Waals surface area contributed by atoms with Gasteiger partial charge >= 0.3 is 5.97 Å². The van der Waals surface area contributed by atoms with Gasteiger partial charge in [0.2, 0.25) is 0 Å². The van der Waals surface area contributed by atoms with E-state index in [9.17, 15) is 20.1 Å². The van der Waals surface area contributed by atoms with Crippen LogP contribution >= 0.6 is 0 Å². The highest BCUT2D eigenvalue weighted by molar-refractivity contribution is 5.76. The lowest BCUT2D eigenvalue weighted by molar-refractivity contribution is -0.202. The third-order valence-electron chi connectivity index (χ3n) is 8.33. The fraction of sp³-hybridized carbons (Fsp3) is 0.571. The summed E-state index contributed by atoms with van der Waals surface area (Å²) in [5, 5.41) is 37.4. The molecule has 0 saturated carbocycles. The molecule has 2 aromatic rings. The topological polar surface area (TPSA) is 77.8 Å². The molecule has 214 valence electrons. The van der Waals surface area contributed by atoms with E-state index in [1.165, 1.54) is 0 Å². The quantitative estimate of drug-likeness (QED) is 0.353. The van der Waals surface area contributed by atoms with E-state index >= 15 is 0 Å². The Balaban J connectivity index is 2.67. The van der Waals surface area contributed by atoms with Crippen molar-refractivity contribution in [3.05, 3.63) is 82.4 Å². The number of aliphatic carboxylic acids is 1. The molecule has 4 atom stereocenters. The minimum Gasteiger partial charge on any atom is -0.481 e. The van der Waals surface area contributed by atoms with E-state index < -0.39 is 39.8 Å². The van der Waals surface area contributed by atoms with E-state index in [1.54, 1.807) is 6.08 Å². The van der Waals surface area contributed by atoms with Gasteiger partial charge in [0.05, 0.1) is 0 Å². The van der Waals surface area contributed by atoms with Crippen molar-refractivity contribution < 1.29 is 20.1 Å². The zero-order valence-electron chi connectivity index (χ0n) is 26.1. The molecule has 0 heterocycles. The third kappa shape index (κ3) is 5.23. The van der Waals surface area contributed by atoms with Crippen LogP contribution in [0.2, 0.25) is 0 Å². The van der Waals surface area contributed by atoms with Crippen LogP contribution in [0.1, 0.15) is 105 Å². The number of carboxylic acid groups (broad SMARTS) is 1. The zero-order chi connectivity index (χ0) is 30.0. The smallest absolute Gasteiger partial charge is 0.313 e. The molecule has 0 aromatic heterocycles. The summed E-state index contributed by atoms with van der Waals surface area (Å²) >= 11 is 0. The fourth-order valence-electron chi connectivity index (χ4n) is 7.02. The van der Waals surface area contributed by atoms with E-state index in [0.717, 1.165) is 11.1 Å². The monoisotopic (exact) mass is 534 g/mol. The van der Waals surface area contributed by atoms with Crippen molar-refractivity contribution in [1.29, 1.82) is 0 Å². The van der Waals surface area contributed by atoms with Gasteiger partial charge in [0.15, 0.2) is 0 Å². The Bertz CT molecular complexity index is 1260. The second-order valence-corrected chi connectivity index (χ2v) is 15.6. The molecule has 4 unspecified atom stereocenters. The van der Waals surface area contributed by atoms with Crippen molar-refractivity contribution in [2.45, 2.75) is 105 Å². The van der Waals surface area contributed by atoms with Crippen LogP contribution in [0.5, 0.6) is 0 Å². The van der Waals surface area contributed by atoms with Crippen LogP contribution in [-0.2, 0) is 26.8 Å². The summed E-state index contributed by atoms with van der Waals surface area (Å²) in [6.07, 6.45) is 1.66. The van der Waals surface area contributed by atoms with Crippen LogP contribution in [0.15, 0.2) is 60.2 Å². The van der Waals surface area contributed by atoms with Crippen molar-refractivity contribution >= 4 is 5.97 Å². The maximum absolute atomic E-state index is 13.4. The first-order valence-electron chi connectivity index (χ1n) is 14.1. The van der Waals surface area contributed by atoms with Gasteiger partial charge < -0.3 is 15.3 Å². The van der Waals surface area contributed by atoms with Gasteiger partial charge in [-0.2, -0.15) is 0 Å². The van der Waals surface area contributed by atoms with Crippen LogP contribution in [0, 0.1) is 22.7 Å². The molecule has 1 aliphatic carbocycles. The first kappa shape index (κ1) is 31.1. The van der Waals surface area contributed by atoms with Gasteiger partial charge in [0.1, 0.15) is 17.1 Å². The van der Waals surface area contributed by atoms with Gasteiger partial charge in [-0.15, -0.1) is 0 Å². The molecule has 4 nitrogen and oxygen atoms in total. The van der Waals surface area contributed by atoms with Gasteiger partial charge in [0, 0.05) is 5.92 Å². The van der Waals surface area contributed by atoms with Crippen molar-refractivity contribution in [2.24, 2.45) is 22.7 Å². The molecular weight excluding hydrogens is 484 g/mol. The van der Waals surface area contributed by atoms with E-state index in [0.29, 0.717) is 16.7 Å². The zero-order valence-corrected chi connectivity index (χ0v) is 26.1. The summed E-state index contributed by atoms with van der Waals surface area (Å²) < 4.78 is 0. The Morgan fingerprint density at radius 2 is 1.08 bits per heavy atom. The molecule has 2 aromatic carbocycles. The number of hydrogen-bond donors (Lipinski definition) is 3. The number of hydrogen-bond acceptors (Lipinski definition) is 3. The molecule has 39 heavy (non-hydrogen) atoms. The summed E-state index contributed by atoms with van der Waals surface area (Å²) in [6, 6.07) is 15.5. The molecule has 4 heteroatoms. The van der Waals surface area contributed by atoms with Crippen LogP contribution < -0.4 is 0 Å². The van der Waals surface area contributed by atoms with Crippen LogP contribution in [0.25, 0.3) is 0 Å². The highest BCUT2D eigenvalue weighted by Gasteiger charge is 2.66. The third-order valence-corrected chi connectivity index (χ3v) is 8.33. The molecule has 0 radical (unpaired) electrons. The van der Waals surface area contributed by atoms with Crippen molar-refractivity contribution in [2.75, 3.05) is 0 Å². The summed E-state index contributed by atoms with van der Waals surface area (Å²) in [5.41, 5.74) is -1.80. The Labute approximate surface area is 236 Å². The molecule has 0 saturated heterocycles. The maximum atomic E-state index is 13.4. The summed E-state index contributed by atoms with van der Waals surface area (Å²) in [5.74, 6) is -3.27. The minimum atomic E-state index is -1.91. The van der Waals surface area contributed by atoms with Gasteiger partial charge in [-0.05, 0) is 49.5 Å². The van der Waals surface area contributed by atoms with E-state index in [-0.39, 0.29) is 10.8 Å². The predicted octanol–water partition coefficient (Wildman–Crippen LogP) is 7.71. The molecule has 0 spiro atoms. The lowest BCUT2D eigenvalue weighted by Crippen LogP contribution is -2.63. The van der Waals surface area contributed by atoms with Crippen molar-refractivity contribution in [3.8, 4) is 0 Å². The predicted molar refractivity (Wildman–Crippen MR) is 160 cm³/mol. The Kier molecular flexibility index (Phi) is 7.65. The summed E-state index contributed by atoms with van der Waals surface area (Å²) in [6.45, 7) is 24.6.